The molecule has 2 saturated heterocycles. The molecule has 0 amide bonds. The largest absolute Gasteiger partial charge is 0.378 e. The van der Waals surface area contributed by atoms with Crippen LogP contribution < -0.4 is 10.2 Å². The van der Waals surface area contributed by atoms with Crippen molar-refractivity contribution in [1.29, 1.82) is 0 Å². The van der Waals surface area contributed by atoms with Gasteiger partial charge in [-0.25, -0.2) is 4.98 Å². The van der Waals surface area contributed by atoms with Gasteiger partial charge in [0.1, 0.15) is 0 Å². The molecule has 3 rings (SSSR count). The fourth-order valence-corrected chi connectivity index (χ4v) is 3.65. The first kappa shape index (κ1) is 13.3. The van der Waals surface area contributed by atoms with Crippen LogP contribution in [0.3, 0.4) is 0 Å². The summed E-state index contributed by atoms with van der Waals surface area (Å²) >= 11 is 1.83. The van der Waals surface area contributed by atoms with Gasteiger partial charge in [-0.15, -0.1) is 11.3 Å². The average Bonchev–Trinajstić information content (AvgIpc) is 2.88. The molecule has 106 valence electrons. The Morgan fingerprint density at radius 1 is 1.42 bits per heavy atom. The van der Waals surface area contributed by atoms with E-state index in [9.17, 15) is 0 Å². The first-order valence-electron chi connectivity index (χ1n) is 7.04. The molecule has 1 aromatic heterocycles. The fourth-order valence-electron chi connectivity index (χ4n) is 2.65. The first-order chi connectivity index (χ1) is 9.31. The number of hydrogen-bond donors (Lipinski definition) is 1. The molecule has 0 radical (unpaired) electrons. The molecule has 0 bridgehead atoms. The van der Waals surface area contributed by atoms with Crippen LogP contribution in [0.4, 0.5) is 5.13 Å². The minimum atomic E-state index is 0.598. The summed E-state index contributed by atoms with van der Waals surface area (Å²) in [7, 11) is 0. The van der Waals surface area contributed by atoms with Crippen LogP contribution in [-0.4, -0.2) is 61.9 Å². The highest BCUT2D eigenvalue weighted by molar-refractivity contribution is 7.15. The normalized spacial score (nSPS) is 25.7. The minimum absolute atomic E-state index is 0.598. The molecule has 19 heavy (non-hydrogen) atoms. The molecule has 6 heteroatoms. The number of ether oxygens (including phenoxy) is 1. The third-order valence-corrected chi connectivity index (χ3v) is 4.70. The summed E-state index contributed by atoms with van der Waals surface area (Å²) < 4.78 is 5.38. The van der Waals surface area contributed by atoms with E-state index in [1.54, 1.807) is 0 Å². The molecule has 0 aromatic carbocycles. The van der Waals surface area contributed by atoms with Crippen LogP contribution in [0.15, 0.2) is 6.20 Å². The standard InChI is InChI=1S/C13H22N4OS/c1-11-9-16(3-2-14-11)10-12-8-15-13(19-12)17-4-6-18-7-5-17/h8,11,14H,2-7,9-10H2,1H3/t11-/m0/s1. The van der Waals surface area contributed by atoms with Gasteiger partial charge < -0.3 is 15.0 Å². The van der Waals surface area contributed by atoms with Crippen molar-refractivity contribution in [2.45, 2.75) is 19.5 Å². The third-order valence-electron chi connectivity index (χ3n) is 3.66. The minimum Gasteiger partial charge on any atom is -0.378 e. The zero-order valence-electron chi connectivity index (χ0n) is 11.5. The summed E-state index contributed by atoms with van der Waals surface area (Å²) in [6.45, 7) is 10.2. The molecule has 0 saturated carbocycles. The predicted molar refractivity (Wildman–Crippen MR) is 77.9 cm³/mol. The number of nitrogens with one attached hydrogen (secondary N) is 1. The Hall–Kier alpha value is -0.690. The van der Waals surface area contributed by atoms with Gasteiger partial charge in [0.05, 0.1) is 13.2 Å². The highest BCUT2D eigenvalue weighted by Crippen LogP contribution is 2.24. The maximum atomic E-state index is 5.38. The summed E-state index contributed by atoms with van der Waals surface area (Å²) in [4.78, 5) is 10.8. The number of rotatable bonds is 3. The topological polar surface area (TPSA) is 40.6 Å². The third kappa shape index (κ3) is 3.45. The highest BCUT2D eigenvalue weighted by Gasteiger charge is 2.18. The van der Waals surface area contributed by atoms with Gasteiger partial charge in [0.25, 0.3) is 0 Å². The van der Waals surface area contributed by atoms with E-state index in [1.165, 1.54) is 4.88 Å². The van der Waals surface area contributed by atoms with Crippen LogP contribution in [0.1, 0.15) is 11.8 Å². The molecule has 2 aliphatic rings. The van der Waals surface area contributed by atoms with Crippen molar-refractivity contribution in [3.8, 4) is 0 Å². The van der Waals surface area contributed by atoms with Gasteiger partial charge in [0, 0.05) is 56.4 Å². The Bertz CT molecular complexity index is 405. The van der Waals surface area contributed by atoms with Crippen LogP contribution in [0.2, 0.25) is 0 Å². The number of piperazine rings is 1. The molecule has 0 unspecified atom stereocenters. The van der Waals surface area contributed by atoms with Crippen molar-refractivity contribution in [3.63, 3.8) is 0 Å². The summed E-state index contributed by atoms with van der Waals surface area (Å²) in [6, 6.07) is 0.598. The predicted octanol–water partition coefficient (Wildman–Crippen LogP) is 0.773. The van der Waals surface area contributed by atoms with Gasteiger partial charge in [0.15, 0.2) is 5.13 Å². The van der Waals surface area contributed by atoms with Gasteiger partial charge in [-0.3, -0.25) is 4.90 Å². The second-order valence-electron chi connectivity index (χ2n) is 5.30. The molecular formula is C13H22N4OS. The molecule has 2 fully saturated rings. The van der Waals surface area contributed by atoms with Crippen LogP contribution in [0, 0.1) is 0 Å². The van der Waals surface area contributed by atoms with Gasteiger partial charge in [-0.05, 0) is 6.92 Å². The van der Waals surface area contributed by atoms with Crippen LogP contribution in [0.25, 0.3) is 0 Å². The van der Waals surface area contributed by atoms with E-state index < -0.39 is 0 Å². The van der Waals surface area contributed by atoms with Gasteiger partial charge in [-0.2, -0.15) is 0 Å². The van der Waals surface area contributed by atoms with E-state index in [-0.39, 0.29) is 0 Å². The summed E-state index contributed by atoms with van der Waals surface area (Å²) in [5, 5.41) is 4.63. The zero-order valence-corrected chi connectivity index (χ0v) is 12.3. The van der Waals surface area contributed by atoms with E-state index >= 15 is 0 Å². The maximum Gasteiger partial charge on any atom is 0.185 e. The van der Waals surface area contributed by atoms with Crippen LogP contribution in [0.5, 0.6) is 0 Å². The highest BCUT2D eigenvalue weighted by atomic mass is 32.1. The quantitative estimate of drug-likeness (QED) is 0.887. The Morgan fingerprint density at radius 2 is 2.26 bits per heavy atom. The summed E-state index contributed by atoms with van der Waals surface area (Å²) in [5.74, 6) is 0. The van der Waals surface area contributed by atoms with Gasteiger partial charge in [-0.1, -0.05) is 0 Å². The van der Waals surface area contributed by atoms with Crippen LogP contribution in [-0.2, 0) is 11.3 Å². The fraction of sp³-hybridized carbons (Fsp3) is 0.769. The lowest BCUT2D eigenvalue weighted by molar-refractivity contribution is 0.122. The van der Waals surface area contributed by atoms with Crippen molar-refractivity contribution in [1.82, 2.24) is 15.2 Å². The number of hydrogen-bond acceptors (Lipinski definition) is 6. The van der Waals surface area contributed by atoms with Gasteiger partial charge >= 0.3 is 0 Å². The van der Waals surface area contributed by atoms with Crippen molar-refractivity contribution in [2.24, 2.45) is 0 Å². The number of morpholine rings is 1. The number of thiazole rings is 1. The monoisotopic (exact) mass is 282 g/mol. The summed E-state index contributed by atoms with van der Waals surface area (Å²) in [6.07, 6.45) is 2.04. The van der Waals surface area contributed by atoms with Crippen LogP contribution >= 0.6 is 11.3 Å². The second kappa shape index (κ2) is 6.17. The Morgan fingerprint density at radius 3 is 3.05 bits per heavy atom. The summed E-state index contributed by atoms with van der Waals surface area (Å²) in [5.41, 5.74) is 0. The van der Waals surface area contributed by atoms with E-state index in [2.05, 4.69) is 27.0 Å². The molecule has 2 aliphatic heterocycles. The smallest absolute Gasteiger partial charge is 0.185 e. The van der Waals surface area contributed by atoms with Crippen molar-refractivity contribution >= 4 is 16.5 Å². The Balaban J connectivity index is 1.58. The van der Waals surface area contributed by atoms with Crippen molar-refractivity contribution in [2.75, 3.05) is 50.8 Å². The number of aromatic nitrogens is 1. The van der Waals surface area contributed by atoms with E-state index in [4.69, 9.17) is 4.74 Å². The Labute approximate surface area is 118 Å². The molecule has 0 aliphatic carbocycles. The molecule has 5 nitrogen and oxygen atoms in total. The first-order valence-corrected chi connectivity index (χ1v) is 7.86. The average molecular weight is 282 g/mol. The number of nitrogens with zero attached hydrogens (tertiary/aromatic N) is 3. The zero-order chi connectivity index (χ0) is 13.1. The van der Waals surface area contributed by atoms with Crippen molar-refractivity contribution < 1.29 is 4.74 Å². The molecule has 1 N–H and O–H groups in total. The molecule has 1 aromatic rings. The van der Waals surface area contributed by atoms with E-state index in [0.717, 1.165) is 57.6 Å². The molecule has 0 spiro atoms. The number of anilines is 1. The van der Waals surface area contributed by atoms with Gasteiger partial charge in [0.2, 0.25) is 0 Å². The molecule has 1 atom stereocenters. The lowest BCUT2D eigenvalue weighted by atomic mass is 10.2. The van der Waals surface area contributed by atoms with E-state index in [0.29, 0.717) is 6.04 Å². The lowest BCUT2D eigenvalue weighted by Gasteiger charge is -2.31. The maximum absolute atomic E-state index is 5.38. The van der Waals surface area contributed by atoms with Crippen molar-refractivity contribution in [3.05, 3.63) is 11.1 Å². The SMILES string of the molecule is C[C@H]1CN(Cc2cnc(N3CCOCC3)s2)CCN1. The second-order valence-corrected chi connectivity index (χ2v) is 6.39. The van der Waals surface area contributed by atoms with E-state index in [1.807, 2.05) is 17.5 Å². The Kier molecular flexibility index (Phi) is 4.32. The molecular weight excluding hydrogens is 260 g/mol. The lowest BCUT2D eigenvalue weighted by Crippen LogP contribution is -2.48. The molecule has 3 heterocycles.